The summed E-state index contributed by atoms with van der Waals surface area (Å²) < 4.78 is 0. The van der Waals surface area contributed by atoms with Crippen molar-refractivity contribution in [1.82, 2.24) is 19.8 Å². The molecule has 2 heterocycles. The molecule has 1 aliphatic carbocycles. The van der Waals surface area contributed by atoms with E-state index in [2.05, 4.69) is 27.0 Å². The Morgan fingerprint density at radius 2 is 2.04 bits per heavy atom. The van der Waals surface area contributed by atoms with Crippen LogP contribution < -0.4 is 5.56 Å². The first-order chi connectivity index (χ1) is 12.6. The fraction of sp³-hybridized carbons (Fsp3) is 0.450. The maximum absolute atomic E-state index is 12.8. The van der Waals surface area contributed by atoms with Crippen LogP contribution in [0.4, 0.5) is 0 Å². The van der Waals surface area contributed by atoms with Crippen molar-refractivity contribution in [2.75, 3.05) is 20.1 Å². The van der Waals surface area contributed by atoms with Gasteiger partial charge in [0.15, 0.2) is 0 Å². The van der Waals surface area contributed by atoms with E-state index < -0.39 is 0 Å². The van der Waals surface area contributed by atoms with Crippen molar-refractivity contribution in [2.45, 2.75) is 37.8 Å². The molecule has 1 aliphatic heterocycles. The van der Waals surface area contributed by atoms with Gasteiger partial charge in [0.1, 0.15) is 11.4 Å². The van der Waals surface area contributed by atoms with Crippen LogP contribution in [-0.2, 0) is 6.54 Å². The smallest absolute Gasteiger partial charge is 0.263 e. The van der Waals surface area contributed by atoms with Crippen molar-refractivity contribution >= 4 is 5.91 Å². The summed E-state index contributed by atoms with van der Waals surface area (Å²) in [6.07, 6.45) is 4.49. The molecule has 1 saturated carbocycles. The van der Waals surface area contributed by atoms with Crippen molar-refractivity contribution in [3.8, 4) is 0 Å². The third kappa shape index (κ3) is 3.55. The zero-order valence-corrected chi connectivity index (χ0v) is 15.0. The number of H-pyrrole nitrogens is 1. The molecule has 6 nitrogen and oxygen atoms in total. The number of nitrogens with zero attached hydrogens (tertiary/aromatic N) is 3. The number of hydrogen-bond donors (Lipinski definition) is 1. The lowest BCUT2D eigenvalue weighted by Crippen LogP contribution is -2.41. The van der Waals surface area contributed by atoms with Gasteiger partial charge in [0.25, 0.3) is 11.5 Å². The van der Waals surface area contributed by atoms with E-state index in [-0.39, 0.29) is 23.1 Å². The first-order valence-corrected chi connectivity index (χ1v) is 9.24. The number of aromatic nitrogens is 2. The normalized spacial score (nSPS) is 20.3. The molecule has 2 aromatic rings. The molecule has 1 aromatic carbocycles. The second kappa shape index (κ2) is 7.03. The lowest BCUT2D eigenvalue weighted by molar-refractivity contribution is 0.0732. The van der Waals surface area contributed by atoms with Crippen LogP contribution in [0.15, 0.2) is 41.3 Å². The van der Waals surface area contributed by atoms with E-state index in [4.69, 9.17) is 0 Å². The van der Waals surface area contributed by atoms with Gasteiger partial charge in [0.2, 0.25) is 0 Å². The number of carbonyl (C=O) groups is 1. The summed E-state index contributed by atoms with van der Waals surface area (Å²) in [6, 6.07) is 10.5. The molecular formula is C20H24N4O2. The Bertz CT molecular complexity index is 844. The van der Waals surface area contributed by atoms with E-state index in [1.54, 1.807) is 11.9 Å². The fourth-order valence-corrected chi connectivity index (χ4v) is 3.59. The monoisotopic (exact) mass is 352 g/mol. The van der Waals surface area contributed by atoms with E-state index in [1.807, 2.05) is 18.2 Å². The van der Waals surface area contributed by atoms with Crippen LogP contribution in [0.5, 0.6) is 0 Å². The summed E-state index contributed by atoms with van der Waals surface area (Å²) in [5.74, 6) is 0.836. The Balaban J connectivity index is 1.40. The number of aromatic amines is 1. The minimum absolute atomic E-state index is 0.119. The molecule has 2 fully saturated rings. The maximum atomic E-state index is 12.8. The van der Waals surface area contributed by atoms with Gasteiger partial charge >= 0.3 is 0 Å². The fourth-order valence-electron chi connectivity index (χ4n) is 3.59. The number of likely N-dealkylation sites (tertiary alicyclic amines) is 1. The van der Waals surface area contributed by atoms with E-state index in [1.165, 1.54) is 11.8 Å². The predicted octanol–water partition coefficient (Wildman–Crippen LogP) is 1.99. The largest absolute Gasteiger partial charge is 0.337 e. The lowest BCUT2D eigenvalue weighted by Gasteiger charge is -2.25. The molecular weight excluding hydrogens is 328 g/mol. The quantitative estimate of drug-likeness (QED) is 0.893. The Morgan fingerprint density at radius 1 is 1.27 bits per heavy atom. The Kier molecular flexibility index (Phi) is 4.59. The summed E-state index contributed by atoms with van der Waals surface area (Å²) in [5, 5.41) is 0. The van der Waals surface area contributed by atoms with Gasteiger partial charge in [-0.15, -0.1) is 0 Å². The Labute approximate surface area is 152 Å². The van der Waals surface area contributed by atoms with Gasteiger partial charge in [-0.25, -0.2) is 4.98 Å². The number of rotatable bonds is 5. The van der Waals surface area contributed by atoms with Gasteiger partial charge in [0.05, 0.1) is 0 Å². The highest BCUT2D eigenvalue weighted by Crippen LogP contribution is 2.37. The molecule has 0 spiro atoms. The molecule has 26 heavy (non-hydrogen) atoms. The summed E-state index contributed by atoms with van der Waals surface area (Å²) in [6.45, 7) is 2.66. The molecule has 2 aliphatic rings. The van der Waals surface area contributed by atoms with Crippen molar-refractivity contribution < 1.29 is 4.79 Å². The van der Waals surface area contributed by atoms with Gasteiger partial charge in [-0.1, -0.05) is 30.3 Å². The van der Waals surface area contributed by atoms with Gasteiger partial charge in [0, 0.05) is 44.8 Å². The number of benzene rings is 1. The lowest BCUT2D eigenvalue weighted by atomic mass is 10.2. The van der Waals surface area contributed by atoms with Crippen LogP contribution in [0.25, 0.3) is 0 Å². The van der Waals surface area contributed by atoms with Crippen molar-refractivity contribution in [2.24, 2.45) is 0 Å². The zero-order chi connectivity index (χ0) is 18.1. The molecule has 1 aromatic heterocycles. The van der Waals surface area contributed by atoms with Crippen LogP contribution in [0.2, 0.25) is 0 Å². The average Bonchev–Trinajstić information content (AvgIpc) is 3.41. The maximum Gasteiger partial charge on any atom is 0.263 e. The van der Waals surface area contributed by atoms with Crippen molar-refractivity contribution in [1.29, 1.82) is 0 Å². The topological polar surface area (TPSA) is 69.3 Å². The minimum Gasteiger partial charge on any atom is -0.337 e. The molecule has 1 atom stereocenters. The highest BCUT2D eigenvalue weighted by molar-refractivity contribution is 5.93. The summed E-state index contributed by atoms with van der Waals surface area (Å²) in [7, 11) is 1.78. The third-order valence-electron chi connectivity index (χ3n) is 5.38. The van der Waals surface area contributed by atoms with E-state index >= 15 is 0 Å². The molecule has 1 amide bonds. The Hall–Kier alpha value is -2.47. The first kappa shape index (κ1) is 17.0. The summed E-state index contributed by atoms with van der Waals surface area (Å²) >= 11 is 0. The number of hydrogen-bond acceptors (Lipinski definition) is 4. The van der Waals surface area contributed by atoms with E-state index in [9.17, 15) is 9.59 Å². The van der Waals surface area contributed by atoms with Crippen LogP contribution in [-0.4, -0.2) is 51.9 Å². The molecule has 0 radical (unpaired) electrons. The second-order valence-corrected chi connectivity index (χ2v) is 7.36. The van der Waals surface area contributed by atoms with Gasteiger partial charge in [-0.05, 0) is 24.8 Å². The SMILES string of the molecule is CN(C(=O)c1cnc(C2CC2)[nH]c1=O)[C@@H]1CCN(Cc2ccccc2)C1. The third-order valence-corrected chi connectivity index (χ3v) is 5.38. The van der Waals surface area contributed by atoms with E-state index in [0.717, 1.165) is 38.9 Å². The summed E-state index contributed by atoms with van der Waals surface area (Å²) in [4.78, 5) is 36.2. The molecule has 1 N–H and O–H groups in total. The Morgan fingerprint density at radius 3 is 2.73 bits per heavy atom. The molecule has 0 unspecified atom stereocenters. The molecule has 4 rings (SSSR count). The second-order valence-electron chi connectivity index (χ2n) is 7.36. The molecule has 1 saturated heterocycles. The van der Waals surface area contributed by atoms with Crippen LogP contribution in [0.1, 0.15) is 46.9 Å². The molecule has 136 valence electrons. The number of carbonyl (C=O) groups excluding carboxylic acids is 1. The van der Waals surface area contributed by atoms with E-state index in [0.29, 0.717) is 11.7 Å². The van der Waals surface area contributed by atoms with Crippen LogP contribution in [0.3, 0.4) is 0 Å². The van der Waals surface area contributed by atoms with Crippen LogP contribution >= 0.6 is 0 Å². The number of nitrogens with one attached hydrogen (secondary N) is 1. The zero-order valence-electron chi connectivity index (χ0n) is 15.0. The number of amides is 1. The molecule has 0 bridgehead atoms. The standard InChI is InChI=1S/C20H24N4O2/c1-23(16-9-10-24(13-16)12-14-5-3-2-4-6-14)20(26)17-11-21-18(15-7-8-15)22-19(17)25/h2-6,11,15-16H,7-10,12-13H2,1H3,(H,21,22,25)/t16-/m1/s1. The predicted molar refractivity (Wildman–Crippen MR) is 99.1 cm³/mol. The van der Waals surface area contributed by atoms with Crippen molar-refractivity contribution in [3.05, 3.63) is 63.8 Å². The van der Waals surface area contributed by atoms with Gasteiger partial charge in [-0.2, -0.15) is 0 Å². The number of likely N-dealkylation sites (N-methyl/N-ethyl adjacent to an activating group) is 1. The van der Waals surface area contributed by atoms with Crippen molar-refractivity contribution in [3.63, 3.8) is 0 Å². The minimum atomic E-state index is -0.321. The molecule has 6 heteroatoms. The highest BCUT2D eigenvalue weighted by atomic mass is 16.2. The van der Waals surface area contributed by atoms with Crippen LogP contribution in [0, 0.1) is 0 Å². The van der Waals surface area contributed by atoms with Gasteiger partial charge < -0.3 is 9.88 Å². The first-order valence-electron chi connectivity index (χ1n) is 9.24. The summed E-state index contributed by atoms with van der Waals surface area (Å²) in [5.41, 5.74) is 1.09. The van der Waals surface area contributed by atoms with Gasteiger partial charge in [-0.3, -0.25) is 14.5 Å². The highest BCUT2D eigenvalue weighted by Gasteiger charge is 2.31. The average molecular weight is 352 g/mol.